The number of anilines is 1. The van der Waals surface area contributed by atoms with Crippen LogP contribution in [0, 0.1) is 0 Å². The van der Waals surface area contributed by atoms with Gasteiger partial charge >= 0.3 is 0 Å². The molecule has 2 rings (SSSR count). The molecule has 2 aromatic rings. The summed E-state index contributed by atoms with van der Waals surface area (Å²) in [5, 5.41) is 3.26. The molecule has 0 atom stereocenters. The first kappa shape index (κ1) is 11.5. The Morgan fingerprint density at radius 2 is 2.00 bits per heavy atom. The highest BCUT2D eigenvalue weighted by molar-refractivity contribution is 5.96. The minimum absolute atomic E-state index is 0.173. The van der Waals surface area contributed by atoms with Crippen molar-refractivity contribution in [2.75, 3.05) is 5.32 Å². The zero-order valence-electron chi connectivity index (χ0n) is 9.77. The van der Waals surface area contributed by atoms with Crippen molar-refractivity contribution in [2.45, 2.75) is 19.9 Å². The Labute approximate surface area is 100 Å². The lowest BCUT2D eigenvalue weighted by Gasteiger charge is -2.05. The van der Waals surface area contributed by atoms with Crippen LogP contribution in [0.1, 0.15) is 29.3 Å². The molecule has 0 aliphatic heterocycles. The summed E-state index contributed by atoms with van der Waals surface area (Å²) in [6.45, 7) is 2.59. The van der Waals surface area contributed by atoms with Gasteiger partial charge in [-0.15, -0.1) is 0 Å². The third-order valence-corrected chi connectivity index (χ3v) is 2.60. The maximum absolute atomic E-state index is 11.4. The van der Waals surface area contributed by atoms with E-state index in [-0.39, 0.29) is 5.78 Å². The lowest BCUT2D eigenvalue weighted by molar-refractivity contribution is 0.0988. The first-order chi connectivity index (χ1) is 8.29. The number of rotatable bonds is 5. The molecule has 3 nitrogen and oxygen atoms in total. The van der Waals surface area contributed by atoms with Gasteiger partial charge < -0.3 is 9.73 Å². The van der Waals surface area contributed by atoms with Crippen molar-refractivity contribution in [1.82, 2.24) is 0 Å². The molecule has 1 aromatic heterocycles. The highest BCUT2D eigenvalue weighted by atomic mass is 16.3. The van der Waals surface area contributed by atoms with Gasteiger partial charge in [-0.3, -0.25) is 4.79 Å². The van der Waals surface area contributed by atoms with Crippen LogP contribution in [0.3, 0.4) is 0 Å². The maximum atomic E-state index is 11.4. The van der Waals surface area contributed by atoms with Crippen molar-refractivity contribution in [1.29, 1.82) is 0 Å². The highest BCUT2D eigenvalue weighted by Crippen LogP contribution is 2.12. The summed E-state index contributed by atoms with van der Waals surface area (Å²) in [6, 6.07) is 9.46. The van der Waals surface area contributed by atoms with Crippen LogP contribution in [0.15, 0.2) is 47.3 Å². The van der Waals surface area contributed by atoms with Crippen LogP contribution in [0.5, 0.6) is 0 Å². The molecule has 1 heterocycles. The highest BCUT2D eigenvalue weighted by Gasteiger charge is 2.02. The molecule has 0 saturated heterocycles. The monoisotopic (exact) mass is 229 g/mol. The zero-order valence-corrected chi connectivity index (χ0v) is 9.77. The molecule has 0 amide bonds. The van der Waals surface area contributed by atoms with E-state index in [0.717, 1.165) is 23.4 Å². The predicted molar refractivity (Wildman–Crippen MR) is 67.1 cm³/mol. The van der Waals surface area contributed by atoms with E-state index in [2.05, 4.69) is 5.32 Å². The number of carbonyl (C=O) groups is 1. The lowest BCUT2D eigenvalue weighted by atomic mass is 10.1. The van der Waals surface area contributed by atoms with E-state index >= 15 is 0 Å². The smallest absolute Gasteiger partial charge is 0.162 e. The van der Waals surface area contributed by atoms with E-state index in [9.17, 15) is 4.79 Å². The van der Waals surface area contributed by atoms with E-state index in [1.54, 1.807) is 12.5 Å². The molecule has 17 heavy (non-hydrogen) atoms. The van der Waals surface area contributed by atoms with E-state index in [1.165, 1.54) is 0 Å². The zero-order chi connectivity index (χ0) is 12.1. The van der Waals surface area contributed by atoms with E-state index < -0.39 is 0 Å². The molecule has 0 aliphatic carbocycles. The molecule has 0 unspecified atom stereocenters. The maximum Gasteiger partial charge on any atom is 0.162 e. The summed E-state index contributed by atoms with van der Waals surface area (Å²) in [6.07, 6.45) is 3.91. The second-order valence-corrected chi connectivity index (χ2v) is 3.84. The lowest BCUT2D eigenvalue weighted by Crippen LogP contribution is -2.00. The SMILES string of the molecule is CCC(=O)c1ccc(NCc2ccoc2)cc1. The van der Waals surface area contributed by atoms with Gasteiger partial charge in [0.15, 0.2) is 5.78 Å². The van der Waals surface area contributed by atoms with Gasteiger partial charge in [0.25, 0.3) is 0 Å². The van der Waals surface area contributed by atoms with Gasteiger partial charge in [-0.05, 0) is 30.3 Å². The summed E-state index contributed by atoms with van der Waals surface area (Å²) in [7, 11) is 0. The average molecular weight is 229 g/mol. The number of ketones is 1. The molecule has 0 aliphatic rings. The predicted octanol–water partition coefficient (Wildman–Crippen LogP) is 3.48. The van der Waals surface area contributed by atoms with Gasteiger partial charge in [0.1, 0.15) is 0 Å². The Bertz CT molecular complexity index is 471. The number of carbonyl (C=O) groups excluding carboxylic acids is 1. The van der Waals surface area contributed by atoms with Crippen molar-refractivity contribution < 1.29 is 9.21 Å². The Morgan fingerprint density at radius 3 is 2.59 bits per heavy atom. The molecule has 1 N–H and O–H groups in total. The van der Waals surface area contributed by atoms with Crippen molar-refractivity contribution in [3.63, 3.8) is 0 Å². The molecule has 0 spiro atoms. The fraction of sp³-hybridized carbons (Fsp3) is 0.214. The summed E-state index contributed by atoms with van der Waals surface area (Å²) >= 11 is 0. The Hall–Kier alpha value is -2.03. The summed E-state index contributed by atoms with van der Waals surface area (Å²) in [4.78, 5) is 11.4. The number of hydrogen-bond donors (Lipinski definition) is 1. The van der Waals surface area contributed by atoms with E-state index in [4.69, 9.17) is 4.42 Å². The first-order valence-corrected chi connectivity index (χ1v) is 5.68. The molecule has 0 saturated carbocycles. The molecule has 3 heteroatoms. The quantitative estimate of drug-likeness (QED) is 0.798. The Balaban J connectivity index is 1.96. The molecule has 1 aromatic carbocycles. The summed E-state index contributed by atoms with van der Waals surface area (Å²) in [5.74, 6) is 0.173. The van der Waals surface area contributed by atoms with Gasteiger partial charge in [-0.25, -0.2) is 0 Å². The van der Waals surface area contributed by atoms with Gasteiger partial charge in [0, 0.05) is 29.8 Å². The minimum Gasteiger partial charge on any atom is -0.472 e. The van der Waals surface area contributed by atoms with Gasteiger partial charge in [-0.1, -0.05) is 6.92 Å². The fourth-order valence-corrected chi connectivity index (χ4v) is 1.58. The van der Waals surface area contributed by atoms with Crippen LogP contribution >= 0.6 is 0 Å². The van der Waals surface area contributed by atoms with Crippen LogP contribution in [0.25, 0.3) is 0 Å². The number of hydrogen-bond acceptors (Lipinski definition) is 3. The van der Waals surface area contributed by atoms with Gasteiger partial charge in [0.2, 0.25) is 0 Å². The second kappa shape index (κ2) is 5.34. The van der Waals surface area contributed by atoms with Crippen molar-refractivity contribution in [3.05, 3.63) is 54.0 Å². The molecular weight excluding hydrogens is 214 g/mol. The largest absolute Gasteiger partial charge is 0.472 e. The third kappa shape index (κ3) is 2.97. The standard InChI is InChI=1S/C14H15NO2/c1-2-14(16)12-3-5-13(6-4-12)15-9-11-7-8-17-10-11/h3-8,10,15H,2,9H2,1H3. The van der Waals surface area contributed by atoms with Crippen LogP contribution < -0.4 is 5.32 Å². The molecular formula is C14H15NO2. The summed E-state index contributed by atoms with van der Waals surface area (Å²) in [5.41, 5.74) is 2.86. The first-order valence-electron chi connectivity index (χ1n) is 5.68. The fourth-order valence-electron chi connectivity index (χ4n) is 1.58. The Morgan fingerprint density at radius 1 is 1.24 bits per heavy atom. The van der Waals surface area contributed by atoms with Crippen molar-refractivity contribution in [3.8, 4) is 0 Å². The van der Waals surface area contributed by atoms with Crippen LogP contribution in [-0.2, 0) is 6.54 Å². The Kier molecular flexibility index (Phi) is 3.60. The second-order valence-electron chi connectivity index (χ2n) is 3.84. The topological polar surface area (TPSA) is 42.2 Å². The van der Waals surface area contributed by atoms with Crippen molar-refractivity contribution >= 4 is 11.5 Å². The third-order valence-electron chi connectivity index (χ3n) is 2.60. The molecule has 0 radical (unpaired) electrons. The minimum atomic E-state index is 0.173. The molecule has 0 bridgehead atoms. The van der Waals surface area contributed by atoms with E-state index in [1.807, 2.05) is 37.3 Å². The molecule has 0 fully saturated rings. The molecule has 88 valence electrons. The van der Waals surface area contributed by atoms with Gasteiger partial charge in [0.05, 0.1) is 12.5 Å². The number of Topliss-reactive ketones (excluding diaryl/α,β-unsaturated/α-hetero) is 1. The number of benzene rings is 1. The average Bonchev–Trinajstić information content (AvgIpc) is 2.89. The van der Waals surface area contributed by atoms with Gasteiger partial charge in [-0.2, -0.15) is 0 Å². The van der Waals surface area contributed by atoms with Crippen molar-refractivity contribution in [2.24, 2.45) is 0 Å². The number of nitrogens with one attached hydrogen (secondary N) is 1. The van der Waals surface area contributed by atoms with Crippen LogP contribution in [0.4, 0.5) is 5.69 Å². The van der Waals surface area contributed by atoms with E-state index in [0.29, 0.717) is 6.42 Å². The number of furan rings is 1. The summed E-state index contributed by atoms with van der Waals surface area (Å²) < 4.78 is 4.98. The van der Waals surface area contributed by atoms with Crippen LogP contribution in [-0.4, -0.2) is 5.78 Å². The van der Waals surface area contributed by atoms with Crippen LogP contribution in [0.2, 0.25) is 0 Å². The normalized spacial score (nSPS) is 10.2.